The topological polar surface area (TPSA) is 46.5 Å². The molecule has 28 heavy (non-hydrogen) atoms. The highest BCUT2D eigenvalue weighted by Gasteiger charge is 2.17. The lowest BCUT2D eigenvalue weighted by Gasteiger charge is -2.13. The molecule has 1 aromatic carbocycles. The molecule has 0 heterocycles. The van der Waals surface area contributed by atoms with Crippen LogP contribution in [-0.2, 0) is 16.0 Å². The average molecular weight is 409 g/mol. The quantitative estimate of drug-likeness (QED) is 0.193. The van der Waals surface area contributed by atoms with Gasteiger partial charge in [-0.2, -0.15) is 12.6 Å². The lowest BCUT2D eigenvalue weighted by Crippen LogP contribution is -2.21. The number of rotatable bonds is 15. The van der Waals surface area contributed by atoms with Gasteiger partial charge >= 0.3 is 5.97 Å². The molecule has 160 valence electrons. The van der Waals surface area contributed by atoms with Crippen LogP contribution >= 0.6 is 12.6 Å². The Morgan fingerprint density at radius 2 is 1.39 bits per heavy atom. The van der Waals surface area contributed by atoms with Crippen molar-refractivity contribution in [3.8, 4) is 5.75 Å². The molecule has 0 amide bonds. The van der Waals surface area contributed by atoms with E-state index in [1.54, 1.807) is 0 Å². The highest BCUT2D eigenvalue weighted by molar-refractivity contribution is 7.81. The van der Waals surface area contributed by atoms with Crippen LogP contribution in [0.15, 0.2) is 12.1 Å². The molecule has 1 rings (SSSR count). The molecule has 0 aliphatic rings. The first kappa shape index (κ1) is 24.9. The number of phenols is 1. The number of ether oxygens (including phenoxy) is 1. The molecule has 0 fully saturated rings. The van der Waals surface area contributed by atoms with E-state index in [0.29, 0.717) is 18.8 Å². The number of phenolic OH excluding ortho intramolecular Hbond substituents is 1. The predicted octanol–water partition coefficient (Wildman–Crippen LogP) is 6.70. The molecule has 1 aromatic rings. The Labute approximate surface area is 177 Å². The number of aryl methyl sites for hydroxylation is 2. The fourth-order valence-electron chi connectivity index (χ4n) is 3.51. The Morgan fingerprint density at radius 1 is 0.929 bits per heavy atom. The second-order valence-corrected chi connectivity index (χ2v) is 8.62. The summed E-state index contributed by atoms with van der Waals surface area (Å²) in [6.07, 6.45) is 14.6. The number of hydrogen-bond acceptors (Lipinski definition) is 4. The van der Waals surface area contributed by atoms with Crippen molar-refractivity contribution in [3.05, 3.63) is 28.8 Å². The summed E-state index contributed by atoms with van der Waals surface area (Å²) < 4.78 is 5.38. The molecule has 1 atom stereocenters. The first-order valence-electron chi connectivity index (χ1n) is 11.1. The summed E-state index contributed by atoms with van der Waals surface area (Å²) in [4.78, 5) is 12.1. The molecule has 1 unspecified atom stereocenters. The van der Waals surface area contributed by atoms with Crippen LogP contribution in [0, 0.1) is 13.8 Å². The highest BCUT2D eigenvalue weighted by atomic mass is 32.1. The van der Waals surface area contributed by atoms with Crippen LogP contribution in [0.2, 0.25) is 0 Å². The lowest BCUT2D eigenvalue weighted by atomic mass is 10.0. The van der Waals surface area contributed by atoms with E-state index in [9.17, 15) is 9.90 Å². The van der Waals surface area contributed by atoms with E-state index < -0.39 is 5.25 Å². The second-order valence-electron chi connectivity index (χ2n) is 8.00. The van der Waals surface area contributed by atoms with Crippen LogP contribution in [0.4, 0.5) is 0 Å². The van der Waals surface area contributed by atoms with Gasteiger partial charge in [0.05, 0.1) is 6.61 Å². The summed E-state index contributed by atoms with van der Waals surface area (Å²) in [6.45, 7) is 6.47. The van der Waals surface area contributed by atoms with Gasteiger partial charge in [0.25, 0.3) is 0 Å². The van der Waals surface area contributed by atoms with Crippen molar-refractivity contribution in [2.45, 2.75) is 103 Å². The van der Waals surface area contributed by atoms with Crippen molar-refractivity contribution in [3.63, 3.8) is 0 Å². The number of unbranched alkanes of at least 4 members (excludes halogenated alkanes) is 10. The molecule has 3 nitrogen and oxygen atoms in total. The van der Waals surface area contributed by atoms with Crippen molar-refractivity contribution < 1.29 is 14.6 Å². The Bertz CT molecular complexity index is 548. The SMILES string of the molecule is CCCCCCCCCCCCCOC(=O)C(S)Cc1cc(C)c(O)c(C)c1. The normalized spacial score (nSPS) is 12.1. The number of carbonyl (C=O) groups is 1. The lowest BCUT2D eigenvalue weighted by molar-refractivity contribution is -0.143. The van der Waals surface area contributed by atoms with Crippen LogP contribution < -0.4 is 0 Å². The minimum Gasteiger partial charge on any atom is -0.507 e. The summed E-state index contributed by atoms with van der Waals surface area (Å²) in [7, 11) is 0. The van der Waals surface area contributed by atoms with Crippen molar-refractivity contribution in [1.29, 1.82) is 0 Å². The molecule has 0 saturated carbocycles. The van der Waals surface area contributed by atoms with Gasteiger partial charge in [0.2, 0.25) is 0 Å². The zero-order valence-electron chi connectivity index (χ0n) is 18.1. The van der Waals surface area contributed by atoms with Gasteiger partial charge in [-0.1, -0.05) is 83.3 Å². The van der Waals surface area contributed by atoms with Gasteiger partial charge in [0.15, 0.2) is 0 Å². The number of thiol groups is 1. The number of hydrogen-bond donors (Lipinski definition) is 2. The third kappa shape index (κ3) is 10.4. The maximum absolute atomic E-state index is 12.1. The summed E-state index contributed by atoms with van der Waals surface area (Å²) in [5, 5.41) is 9.38. The molecule has 0 saturated heterocycles. The van der Waals surface area contributed by atoms with E-state index in [1.807, 2.05) is 26.0 Å². The van der Waals surface area contributed by atoms with E-state index in [0.717, 1.165) is 29.5 Å². The minimum atomic E-state index is -0.462. The van der Waals surface area contributed by atoms with Crippen molar-refractivity contribution in [2.24, 2.45) is 0 Å². The molecule has 4 heteroatoms. The van der Waals surface area contributed by atoms with Crippen molar-refractivity contribution >= 4 is 18.6 Å². The minimum absolute atomic E-state index is 0.251. The molecule has 0 aromatic heterocycles. The Morgan fingerprint density at radius 3 is 1.89 bits per heavy atom. The van der Waals surface area contributed by atoms with Crippen molar-refractivity contribution in [2.75, 3.05) is 6.61 Å². The Hall–Kier alpha value is -1.16. The van der Waals surface area contributed by atoms with Gasteiger partial charge in [-0.3, -0.25) is 4.79 Å². The molecule has 0 aliphatic carbocycles. The maximum Gasteiger partial charge on any atom is 0.319 e. The molecule has 0 radical (unpaired) electrons. The largest absolute Gasteiger partial charge is 0.507 e. The van der Waals surface area contributed by atoms with Crippen LogP contribution in [0.25, 0.3) is 0 Å². The van der Waals surface area contributed by atoms with Gasteiger partial charge in [-0.05, 0) is 43.4 Å². The molecule has 1 N–H and O–H groups in total. The highest BCUT2D eigenvalue weighted by Crippen LogP contribution is 2.24. The summed E-state index contributed by atoms with van der Waals surface area (Å²) in [6, 6.07) is 3.81. The molecule has 0 spiro atoms. The Kier molecular flexibility index (Phi) is 13.1. The van der Waals surface area contributed by atoms with E-state index >= 15 is 0 Å². The summed E-state index contributed by atoms with van der Waals surface area (Å²) in [5.41, 5.74) is 2.65. The van der Waals surface area contributed by atoms with Gasteiger partial charge in [0.1, 0.15) is 11.0 Å². The summed E-state index contributed by atoms with van der Waals surface area (Å²) >= 11 is 4.41. The number of benzene rings is 1. The molecule has 0 bridgehead atoms. The van der Waals surface area contributed by atoms with Gasteiger partial charge in [0, 0.05) is 0 Å². The van der Waals surface area contributed by atoms with E-state index in [4.69, 9.17) is 4.74 Å². The van der Waals surface area contributed by atoms with E-state index in [2.05, 4.69) is 19.6 Å². The van der Waals surface area contributed by atoms with Crippen LogP contribution in [0.5, 0.6) is 5.75 Å². The number of esters is 1. The summed E-state index contributed by atoms with van der Waals surface area (Å²) in [5.74, 6) is 0.0670. The van der Waals surface area contributed by atoms with E-state index in [1.165, 1.54) is 57.8 Å². The average Bonchev–Trinajstić information content (AvgIpc) is 2.66. The van der Waals surface area contributed by atoms with Gasteiger partial charge in [-0.25, -0.2) is 0 Å². The Balaban J connectivity index is 2.07. The molecule has 0 aliphatic heterocycles. The second kappa shape index (κ2) is 14.8. The zero-order valence-corrected chi connectivity index (χ0v) is 19.0. The zero-order chi connectivity index (χ0) is 20.8. The number of carbonyl (C=O) groups excluding carboxylic acids is 1. The molecular weight excluding hydrogens is 368 g/mol. The fourth-order valence-corrected chi connectivity index (χ4v) is 3.79. The fraction of sp³-hybridized carbons (Fsp3) is 0.708. The van der Waals surface area contributed by atoms with Crippen LogP contribution in [0.3, 0.4) is 0 Å². The predicted molar refractivity (Wildman–Crippen MR) is 121 cm³/mol. The monoisotopic (exact) mass is 408 g/mol. The van der Waals surface area contributed by atoms with Gasteiger partial charge in [-0.15, -0.1) is 0 Å². The standard InChI is InChI=1S/C24H40O3S/c1-4-5-6-7-8-9-10-11-12-13-14-15-27-24(26)22(28)18-21-16-19(2)23(25)20(3)17-21/h16-17,22,25,28H,4-15,18H2,1-3H3. The maximum atomic E-state index is 12.1. The third-order valence-electron chi connectivity index (χ3n) is 5.24. The third-order valence-corrected chi connectivity index (χ3v) is 5.64. The molecular formula is C24H40O3S. The van der Waals surface area contributed by atoms with Crippen LogP contribution in [-0.4, -0.2) is 22.9 Å². The number of aromatic hydroxyl groups is 1. The van der Waals surface area contributed by atoms with Crippen LogP contribution in [0.1, 0.15) is 94.2 Å². The van der Waals surface area contributed by atoms with Gasteiger partial charge < -0.3 is 9.84 Å². The first-order chi connectivity index (χ1) is 13.5. The smallest absolute Gasteiger partial charge is 0.319 e. The van der Waals surface area contributed by atoms with Crippen molar-refractivity contribution in [1.82, 2.24) is 0 Å². The van der Waals surface area contributed by atoms with E-state index in [-0.39, 0.29) is 5.97 Å². The first-order valence-corrected chi connectivity index (χ1v) is 11.6.